The lowest BCUT2D eigenvalue weighted by Gasteiger charge is -2.37. The van der Waals surface area contributed by atoms with Crippen LogP contribution in [0.2, 0.25) is 0 Å². The molecule has 2 aromatic heterocycles. The second-order valence-corrected chi connectivity index (χ2v) is 9.79. The second kappa shape index (κ2) is 9.88. The van der Waals surface area contributed by atoms with Gasteiger partial charge in [0.25, 0.3) is 5.91 Å². The molecule has 4 aromatic rings. The standard InChI is InChI=1S/C28H31N5O.ClH/c1-32(18-19-6-3-2-4-7-19)22-12-14-33(15-13-22)28(34)20-10-11-25-24(16-20)23-9-5-8-21-17-29-31-26(21)27(23)30-25;/h2-4,6-7,10-11,16-17,22,30H,5,8-9,12-15,18H2,1H3,(H,29,31);1H. The minimum absolute atomic E-state index is 0. The van der Waals surface area contributed by atoms with Crippen molar-refractivity contribution in [1.29, 1.82) is 0 Å². The van der Waals surface area contributed by atoms with E-state index in [1.54, 1.807) is 0 Å². The first-order valence-corrected chi connectivity index (χ1v) is 12.4. The Morgan fingerprint density at radius 1 is 1.09 bits per heavy atom. The first-order valence-electron chi connectivity index (χ1n) is 12.4. The fourth-order valence-electron chi connectivity index (χ4n) is 5.72. The number of H-pyrrole nitrogens is 2. The van der Waals surface area contributed by atoms with Gasteiger partial charge >= 0.3 is 0 Å². The van der Waals surface area contributed by atoms with Crippen molar-refractivity contribution in [2.75, 3.05) is 20.1 Å². The van der Waals surface area contributed by atoms with E-state index in [1.165, 1.54) is 22.1 Å². The van der Waals surface area contributed by atoms with Crippen LogP contribution in [0.4, 0.5) is 0 Å². The van der Waals surface area contributed by atoms with Crippen LogP contribution in [0.1, 0.15) is 46.3 Å². The van der Waals surface area contributed by atoms with Crippen molar-refractivity contribution in [2.24, 2.45) is 0 Å². The largest absolute Gasteiger partial charge is 0.353 e. The van der Waals surface area contributed by atoms with Crippen molar-refractivity contribution < 1.29 is 4.79 Å². The highest BCUT2D eigenvalue weighted by molar-refractivity contribution is 6.00. The maximum absolute atomic E-state index is 13.4. The third kappa shape index (κ3) is 4.48. The minimum atomic E-state index is 0. The summed E-state index contributed by atoms with van der Waals surface area (Å²) in [6, 6.07) is 17.3. The predicted octanol–water partition coefficient (Wildman–Crippen LogP) is 5.21. The number of nitrogens with one attached hydrogen (secondary N) is 2. The number of likely N-dealkylation sites (tertiary alicyclic amines) is 1. The molecule has 2 aromatic carbocycles. The van der Waals surface area contributed by atoms with Crippen molar-refractivity contribution in [3.05, 3.63) is 77.0 Å². The lowest BCUT2D eigenvalue weighted by Crippen LogP contribution is -2.45. The number of carbonyl (C=O) groups excluding carboxylic acids is 1. The molecule has 1 aliphatic heterocycles. The summed E-state index contributed by atoms with van der Waals surface area (Å²) in [5, 5.41) is 8.59. The highest BCUT2D eigenvalue weighted by Gasteiger charge is 2.27. The molecule has 1 aliphatic carbocycles. The summed E-state index contributed by atoms with van der Waals surface area (Å²) in [5.74, 6) is 0.150. The molecule has 7 heteroatoms. The van der Waals surface area contributed by atoms with Gasteiger partial charge in [-0.3, -0.25) is 14.8 Å². The molecule has 182 valence electrons. The summed E-state index contributed by atoms with van der Waals surface area (Å²) in [6.07, 6.45) is 7.09. The highest BCUT2D eigenvalue weighted by atomic mass is 35.5. The number of rotatable bonds is 4. The number of nitrogens with zero attached hydrogens (tertiary/aromatic N) is 3. The van der Waals surface area contributed by atoms with Crippen LogP contribution >= 0.6 is 12.4 Å². The number of hydrogen-bond acceptors (Lipinski definition) is 3. The van der Waals surface area contributed by atoms with Crippen LogP contribution in [0.3, 0.4) is 0 Å². The van der Waals surface area contributed by atoms with E-state index in [1.807, 2.05) is 17.2 Å². The van der Waals surface area contributed by atoms with Crippen molar-refractivity contribution in [3.8, 4) is 11.4 Å². The van der Waals surface area contributed by atoms with Crippen LogP contribution in [0.15, 0.2) is 54.7 Å². The summed E-state index contributed by atoms with van der Waals surface area (Å²) in [7, 11) is 2.20. The fraction of sp³-hybridized carbons (Fsp3) is 0.357. The van der Waals surface area contributed by atoms with Crippen LogP contribution in [-0.4, -0.2) is 57.1 Å². The van der Waals surface area contributed by atoms with Gasteiger partial charge in [0.15, 0.2) is 0 Å². The summed E-state index contributed by atoms with van der Waals surface area (Å²) >= 11 is 0. The average molecular weight is 490 g/mol. The Bertz CT molecular complexity index is 1320. The number of amides is 1. The lowest BCUT2D eigenvalue weighted by molar-refractivity contribution is 0.0639. The number of aromatic amines is 2. The topological polar surface area (TPSA) is 68.0 Å². The predicted molar refractivity (Wildman–Crippen MR) is 142 cm³/mol. The van der Waals surface area contributed by atoms with Crippen molar-refractivity contribution >= 4 is 29.2 Å². The zero-order valence-electron chi connectivity index (χ0n) is 20.1. The Hall–Kier alpha value is -3.09. The van der Waals surface area contributed by atoms with E-state index in [4.69, 9.17) is 0 Å². The molecule has 0 spiro atoms. The Balaban J connectivity index is 0.00000253. The van der Waals surface area contributed by atoms with E-state index < -0.39 is 0 Å². The number of piperidine rings is 1. The third-order valence-electron chi connectivity index (χ3n) is 7.64. The van der Waals surface area contributed by atoms with E-state index in [0.717, 1.165) is 74.2 Å². The molecule has 0 unspecified atom stereocenters. The van der Waals surface area contributed by atoms with Gasteiger partial charge in [-0.25, -0.2) is 0 Å². The van der Waals surface area contributed by atoms with Gasteiger partial charge in [0.2, 0.25) is 0 Å². The van der Waals surface area contributed by atoms with Gasteiger partial charge in [0, 0.05) is 42.1 Å². The first-order chi connectivity index (χ1) is 16.7. The molecule has 0 saturated carbocycles. The van der Waals surface area contributed by atoms with Crippen LogP contribution in [0.25, 0.3) is 22.3 Å². The maximum atomic E-state index is 13.4. The monoisotopic (exact) mass is 489 g/mol. The minimum Gasteiger partial charge on any atom is -0.353 e. The molecule has 2 N–H and O–H groups in total. The lowest BCUT2D eigenvalue weighted by atomic mass is 10.0. The van der Waals surface area contributed by atoms with Crippen LogP contribution < -0.4 is 0 Å². The molecule has 1 saturated heterocycles. The SMILES string of the molecule is CN(Cc1ccccc1)C1CCN(C(=O)c2ccc3[nH]c4c(c3c2)CCCc2cn[nH]c2-4)CC1.Cl. The number of aromatic nitrogens is 3. The van der Waals surface area contributed by atoms with E-state index in [-0.39, 0.29) is 18.3 Å². The summed E-state index contributed by atoms with van der Waals surface area (Å²) < 4.78 is 0. The molecule has 0 radical (unpaired) electrons. The van der Waals surface area contributed by atoms with Crippen LogP contribution in [-0.2, 0) is 19.4 Å². The summed E-state index contributed by atoms with van der Waals surface area (Å²) in [6.45, 7) is 2.57. The van der Waals surface area contributed by atoms with Gasteiger partial charge in [-0.2, -0.15) is 5.10 Å². The highest BCUT2D eigenvalue weighted by Crippen LogP contribution is 2.36. The molecule has 0 atom stereocenters. The molecule has 35 heavy (non-hydrogen) atoms. The van der Waals surface area contributed by atoms with Gasteiger partial charge in [-0.1, -0.05) is 30.3 Å². The Labute approximate surface area is 212 Å². The number of fused-ring (bicyclic) bond motifs is 5. The molecular formula is C28H32ClN5O. The molecule has 1 fully saturated rings. The van der Waals surface area contributed by atoms with Crippen LogP contribution in [0.5, 0.6) is 0 Å². The number of halogens is 1. The number of hydrogen-bond donors (Lipinski definition) is 2. The van der Waals surface area contributed by atoms with E-state index >= 15 is 0 Å². The van der Waals surface area contributed by atoms with E-state index in [2.05, 4.69) is 69.6 Å². The van der Waals surface area contributed by atoms with E-state index in [9.17, 15) is 4.79 Å². The zero-order valence-corrected chi connectivity index (χ0v) is 20.9. The van der Waals surface area contributed by atoms with Gasteiger partial charge in [-0.05, 0) is 74.0 Å². The van der Waals surface area contributed by atoms with Crippen LogP contribution in [0, 0.1) is 0 Å². The second-order valence-electron chi connectivity index (χ2n) is 9.79. The van der Waals surface area contributed by atoms with Crippen molar-refractivity contribution in [2.45, 2.75) is 44.7 Å². The quantitative estimate of drug-likeness (QED) is 0.413. The third-order valence-corrected chi connectivity index (χ3v) is 7.64. The first kappa shape index (κ1) is 23.6. The smallest absolute Gasteiger partial charge is 0.253 e. The zero-order chi connectivity index (χ0) is 23.1. The normalized spacial score (nSPS) is 16.0. The molecule has 0 bridgehead atoms. The van der Waals surface area contributed by atoms with Crippen molar-refractivity contribution in [1.82, 2.24) is 25.0 Å². The summed E-state index contributed by atoms with van der Waals surface area (Å²) in [5.41, 5.74) is 8.01. The fourth-order valence-corrected chi connectivity index (χ4v) is 5.72. The van der Waals surface area contributed by atoms with Crippen molar-refractivity contribution in [3.63, 3.8) is 0 Å². The summed E-state index contributed by atoms with van der Waals surface area (Å²) in [4.78, 5) is 21.5. The Morgan fingerprint density at radius 3 is 2.69 bits per heavy atom. The van der Waals surface area contributed by atoms with Gasteiger partial charge < -0.3 is 9.88 Å². The van der Waals surface area contributed by atoms with Gasteiger partial charge in [-0.15, -0.1) is 12.4 Å². The number of benzene rings is 2. The molecular weight excluding hydrogens is 458 g/mol. The molecule has 1 amide bonds. The molecule has 2 aliphatic rings. The average Bonchev–Trinajstić information content (AvgIpc) is 3.44. The molecule has 6 nitrogen and oxygen atoms in total. The number of carbonyl (C=O) groups is 1. The number of aryl methyl sites for hydroxylation is 2. The van der Waals surface area contributed by atoms with Gasteiger partial charge in [0.05, 0.1) is 17.6 Å². The van der Waals surface area contributed by atoms with E-state index in [0.29, 0.717) is 6.04 Å². The molecule has 6 rings (SSSR count). The Kier molecular flexibility index (Phi) is 6.67. The Morgan fingerprint density at radius 2 is 1.89 bits per heavy atom. The maximum Gasteiger partial charge on any atom is 0.253 e. The molecule has 3 heterocycles. The van der Waals surface area contributed by atoms with Gasteiger partial charge in [0.1, 0.15) is 0 Å².